The van der Waals surface area contributed by atoms with Crippen LogP contribution < -0.4 is 16.1 Å². The van der Waals surface area contributed by atoms with Crippen LogP contribution in [-0.4, -0.2) is 35.0 Å². The molecule has 2 aromatic rings. The van der Waals surface area contributed by atoms with Crippen LogP contribution in [0.2, 0.25) is 0 Å². The first-order valence-corrected chi connectivity index (χ1v) is 10.4. The number of carboxylic acid groups (broad SMARTS) is 1. The second-order valence-corrected chi connectivity index (χ2v) is 7.57. The Labute approximate surface area is 193 Å². The number of carbonyl (C=O) groups excluding carboxylic acids is 2. The number of rotatable bonds is 7. The lowest BCUT2D eigenvalue weighted by molar-refractivity contribution is -0.107. The summed E-state index contributed by atoms with van der Waals surface area (Å²) >= 11 is 0. The minimum absolute atomic E-state index is 0.0445. The molecule has 1 aliphatic carbocycles. The van der Waals surface area contributed by atoms with Gasteiger partial charge >= 0.3 is 12.0 Å². The second-order valence-electron chi connectivity index (χ2n) is 7.57. The standard InChI is InChI=1S/C25H20N2O7/c28-10-2-1-9-26-25(33)27-14-3-6-17(20(11-14)24(31)32)23-18-7-4-15(29)12-21(18)34-22-13-16(30)5-8-19(22)23/h3-8,10-13,29H,1-2,9H2,(H,31,32)(H2,26,27,33). The first-order valence-electron chi connectivity index (χ1n) is 10.4. The van der Waals surface area contributed by atoms with E-state index in [-0.39, 0.29) is 33.8 Å². The van der Waals surface area contributed by atoms with Gasteiger partial charge in [-0.15, -0.1) is 0 Å². The van der Waals surface area contributed by atoms with E-state index in [1.165, 1.54) is 30.3 Å². The Balaban J connectivity index is 1.81. The number of phenols is 1. The number of benzene rings is 3. The van der Waals surface area contributed by atoms with Crippen LogP contribution in [0, 0.1) is 0 Å². The maximum absolute atomic E-state index is 12.2. The van der Waals surface area contributed by atoms with Gasteiger partial charge in [0.1, 0.15) is 23.4 Å². The number of carbonyl (C=O) groups is 3. The molecule has 172 valence electrons. The van der Waals surface area contributed by atoms with Gasteiger partial charge in [0.15, 0.2) is 5.43 Å². The third-order valence-electron chi connectivity index (χ3n) is 5.24. The van der Waals surface area contributed by atoms with Gasteiger partial charge in [0, 0.05) is 47.3 Å². The predicted octanol–water partition coefficient (Wildman–Crippen LogP) is 4.07. The molecule has 0 atom stereocenters. The number of aromatic carboxylic acids is 1. The van der Waals surface area contributed by atoms with E-state index in [2.05, 4.69) is 10.6 Å². The highest BCUT2D eigenvalue weighted by molar-refractivity contribution is 6.08. The molecule has 4 rings (SSSR count). The average Bonchev–Trinajstić information content (AvgIpc) is 2.80. The smallest absolute Gasteiger partial charge is 0.336 e. The van der Waals surface area contributed by atoms with Crippen molar-refractivity contribution in [2.24, 2.45) is 0 Å². The van der Waals surface area contributed by atoms with E-state index in [4.69, 9.17) is 4.42 Å². The van der Waals surface area contributed by atoms with Crippen molar-refractivity contribution in [2.75, 3.05) is 11.9 Å². The van der Waals surface area contributed by atoms with Gasteiger partial charge in [-0.3, -0.25) is 4.79 Å². The van der Waals surface area contributed by atoms with Crippen molar-refractivity contribution in [3.63, 3.8) is 0 Å². The minimum Gasteiger partial charge on any atom is -0.508 e. The molecule has 2 aromatic carbocycles. The molecule has 2 aliphatic rings. The van der Waals surface area contributed by atoms with Crippen LogP contribution in [0.5, 0.6) is 5.75 Å². The van der Waals surface area contributed by atoms with Crippen LogP contribution in [0.1, 0.15) is 23.2 Å². The molecule has 0 radical (unpaired) electrons. The summed E-state index contributed by atoms with van der Waals surface area (Å²) in [6.07, 6.45) is 1.59. The van der Waals surface area contributed by atoms with Crippen LogP contribution in [0.3, 0.4) is 0 Å². The quantitative estimate of drug-likeness (QED) is 0.185. The Bertz CT molecular complexity index is 1440. The molecule has 4 N–H and O–H groups in total. The fraction of sp³-hybridized carbons (Fsp3) is 0.120. The highest BCUT2D eigenvalue weighted by Gasteiger charge is 2.22. The largest absolute Gasteiger partial charge is 0.508 e. The average molecular weight is 460 g/mol. The van der Waals surface area contributed by atoms with Crippen molar-refractivity contribution in [2.45, 2.75) is 12.8 Å². The normalized spacial score (nSPS) is 10.8. The number of urea groups is 1. The van der Waals surface area contributed by atoms with Crippen molar-refractivity contribution >= 4 is 34.9 Å². The summed E-state index contributed by atoms with van der Waals surface area (Å²) in [5, 5.41) is 25.6. The highest BCUT2D eigenvalue weighted by atomic mass is 16.4. The number of amides is 2. The van der Waals surface area contributed by atoms with E-state index >= 15 is 0 Å². The van der Waals surface area contributed by atoms with Crippen molar-refractivity contribution in [1.29, 1.82) is 0 Å². The minimum atomic E-state index is -1.22. The molecule has 0 bridgehead atoms. The van der Waals surface area contributed by atoms with Gasteiger partial charge in [0.25, 0.3) is 0 Å². The van der Waals surface area contributed by atoms with E-state index in [1.807, 2.05) is 0 Å². The zero-order chi connectivity index (χ0) is 24.2. The molecule has 9 nitrogen and oxygen atoms in total. The SMILES string of the molecule is O=CCCCNC(=O)Nc1ccc(-c2c3ccc(=O)cc-3oc3cc(O)ccc23)c(C(=O)O)c1. The summed E-state index contributed by atoms with van der Waals surface area (Å²) in [4.78, 5) is 46.6. The van der Waals surface area contributed by atoms with Gasteiger partial charge < -0.3 is 30.1 Å². The van der Waals surface area contributed by atoms with E-state index < -0.39 is 12.0 Å². The topological polar surface area (TPSA) is 146 Å². The summed E-state index contributed by atoms with van der Waals surface area (Å²) in [7, 11) is 0. The van der Waals surface area contributed by atoms with Crippen molar-refractivity contribution in [3.05, 3.63) is 70.4 Å². The number of hydrogen-bond acceptors (Lipinski definition) is 6. The molecule has 34 heavy (non-hydrogen) atoms. The molecule has 1 heterocycles. The van der Waals surface area contributed by atoms with E-state index in [1.54, 1.807) is 24.3 Å². The summed E-state index contributed by atoms with van der Waals surface area (Å²) in [6, 6.07) is 12.6. The fourth-order valence-electron chi connectivity index (χ4n) is 3.73. The lowest BCUT2D eigenvalue weighted by Gasteiger charge is -2.17. The van der Waals surface area contributed by atoms with Crippen LogP contribution in [0.4, 0.5) is 10.5 Å². The Morgan fingerprint density at radius 3 is 2.56 bits per heavy atom. The van der Waals surface area contributed by atoms with Crippen LogP contribution in [-0.2, 0) is 4.79 Å². The molecule has 0 unspecified atom stereocenters. The number of nitrogens with one attached hydrogen (secondary N) is 2. The summed E-state index contributed by atoms with van der Waals surface area (Å²) in [5.74, 6) is -1.02. The van der Waals surface area contributed by atoms with Crippen LogP contribution >= 0.6 is 0 Å². The first-order chi connectivity index (χ1) is 16.4. The Hall–Kier alpha value is -4.66. The zero-order valence-corrected chi connectivity index (χ0v) is 17.8. The molecule has 0 aromatic heterocycles. The number of fused-ring (bicyclic) bond motifs is 2. The Kier molecular flexibility index (Phi) is 6.26. The van der Waals surface area contributed by atoms with Crippen molar-refractivity contribution in [1.82, 2.24) is 5.32 Å². The predicted molar refractivity (Wildman–Crippen MR) is 125 cm³/mol. The second kappa shape index (κ2) is 9.45. The highest BCUT2D eigenvalue weighted by Crippen LogP contribution is 2.42. The molecular formula is C25H20N2O7. The number of hydrogen-bond donors (Lipinski definition) is 4. The molecule has 2 amide bonds. The van der Waals surface area contributed by atoms with Gasteiger partial charge in [-0.1, -0.05) is 6.07 Å². The van der Waals surface area contributed by atoms with Crippen LogP contribution in [0.25, 0.3) is 33.4 Å². The van der Waals surface area contributed by atoms with Gasteiger partial charge in [-0.05, 0) is 48.4 Å². The lowest BCUT2D eigenvalue weighted by atomic mass is 9.90. The monoisotopic (exact) mass is 460 g/mol. The van der Waals surface area contributed by atoms with E-state index in [9.17, 15) is 29.4 Å². The van der Waals surface area contributed by atoms with Crippen molar-refractivity contribution < 1.29 is 29.0 Å². The number of unbranched alkanes of at least 4 members (excludes halogenated alkanes) is 1. The Morgan fingerprint density at radius 1 is 1.00 bits per heavy atom. The maximum Gasteiger partial charge on any atom is 0.336 e. The van der Waals surface area contributed by atoms with Crippen molar-refractivity contribution in [3.8, 4) is 28.2 Å². The van der Waals surface area contributed by atoms with E-state index in [0.717, 1.165) is 6.29 Å². The van der Waals surface area contributed by atoms with Gasteiger partial charge in [0.2, 0.25) is 0 Å². The first kappa shape index (κ1) is 22.5. The third-order valence-corrected chi connectivity index (χ3v) is 5.24. The number of phenolic OH excluding ortho intramolecular Hbond substituents is 1. The zero-order valence-electron chi connectivity index (χ0n) is 17.8. The molecular weight excluding hydrogens is 440 g/mol. The van der Waals surface area contributed by atoms with Gasteiger partial charge in [-0.2, -0.15) is 0 Å². The molecule has 0 spiro atoms. The van der Waals surface area contributed by atoms with E-state index in [0.29, 0.717) is 41.5 Å². The number of anilines is 1. The summed E-state index contributed by atoms with van der Waals surface area (Å²) in [5.41, 5.74) is 1.57. The molecule has 0 fully saturated rings. The molecule has 9 heteroatoms. The Morgan fingerprint density at radius 2 is 1.79 bits per heavy atom. The summed E-state index contributed by atoms with van der Waals surface area (Å²) < 4.78 is 5.81. The third kappa shape index (κ3) is 4.58. The number of aromatic hydroxyl groups is 1. The van der Waals surface area contributed by atoms with Gasteiger partial charge in [0.05, 0.1) is 5.56 Å². The summed E-state index contributed by atoms with van der Waals surface area (Å²) in [6.45, 7) is 0.300. The maximum atomic E-state index is 12.2. The van der Waals surface area contributed by atoms with Gasteiger partial charge in [-0.25, -0.2) is 9.59 Å². The lowest BCUT2D eigenvalue weighted by Crippen LogP contribution is -2.29. The number of aldehydes is 1. The molecule has 0 saturated carbocycles. The molecule has 1 aliphatic heterocycles. The number of carboxylic acids is 1. The van der Waals surface area contributed by atoms with Crippen LogP contribution in [0.15, 0.2) is 63.8 Å². The molecule has 0 saturated heterocycles. The fourth-order valence-corrected chi connectivity index (χ4v) is 3.73.